The lowest BCUT2D eigenvalue weighted by Gasteiger charge is -2.39. The number of piperidine rings is 1. The van der Waals surface area contributed by atoms with Crippen molar-refractivity contribution in [3.05, 3.63) is 23.5 Å². The van der Waals surface area contributed by atoms with Gasteiger partial charge in [-0.05, 0) is 25.0 Å². The zero-order chi connectivity index (χ0) is 16.0. The Balaban J connectivity index is 1.71. The van der Waals surface area contributed by atoms with Crippen molar-refractivity contribution in [1.82, 2.24) is 10.2 Å². The lowest BCUT2D eigenvalue weighted by Crippen LogP contribution is -2.54. The summed E-state index contributed by atoms with van der Waals surface area (Å²) in [7, 11) is 0. The van der Waals surface area contributed by atoms with Crippen LogP contribution in [0.4, 0.5) is 15.8 Å². The number of nitrogens with one attached hydrogen (secondary N) is 2. The maximum absolute atomic E-state index is 13.9. The standard InChI is InChI=1S/C16H18FN5O/c17-11-6-12-14-13(7-11)20-16(22(14)5-3-19-15(12)23)21-4-1-2-10(8-18)9-21/h6-7,10,16,20H,1-5,9H2,(H,19,23). The van der Waals surface area contributed by atoms with E-state index in [0.717, 1.165) is 25.1 Å². The molecule has 2 atom stereocenters. The zero-order valence-corrected chi connectivity index (χ0v) is 12.7. The normalized spacial score (nSPS) is 26.8. The number of benzene rings is 1. The number of carbonyl (C=O) groups excluding carboxylic acids is 1. The van der Waals surface area contributed by atoms with Crippen molar-refractivity contribution >= 4 is 17.3 Å². The number of hydrogen-bond donors (Lipinski definition) is 2. The Bertz CT molecular complexity index is 700. The molecule has 1 fully saturated rings. The van der Waals surface area contributed by atoms with Gasteiger partial charge in [0.15, 0.2) is 6.29 Å². The van der Waals surface area contributed by atoms with Gasteiger partial charge in [-0.15, -0.1) is 0 Å². The minimum atomic E-state index is -0.419. The molecule has 0 bridgehead atoms. The molecule has 0 spiro atoms. The highest BCUT2D eigenvalue weighted by Crippen LogP contribution is 2.40. The summed E-state index contributed by atoms with van der Waals surface area (Å²) < 4.78 is 13.9. The van der Waals surface area contributed by atoms with Crippen molar-refractivity contribution in [3.8, 4) is 6.07 Å². The molecule has 0 radical (unpaired) electrons. The van der Waals surface area contributed by atoms with E-state index in [1.54, 1.807) is 0 Å². The fraction of sp³-hybridized carbons (Fsp3) is 0.500. The Labute approximate surface area is 133 Å². The third-order valence-electron chi connectivity index (χ3n) is 4.81. The average Bonchev–Trinajstić information content (AvgIpc) is 2.83. The van der Waals surface area contributed by atoms with Crippen LogP contribution in [0.2, 0.25) is 0 Å². The predicted octanol–water partition coefficient (Wildman–Crippen LogP) is 1.32. The van der Waals surface area contributed by atoms with E-state index in [2.05, 4.69) is 26.5 Å². The smallest absolute Gasteiger partial charge is 0.253 e. The topological polar surface area (TPSA) is 71.4 Å². The summed E-state index contributed by atoms with van der Waals surface area (Å²) in [6, 6.07) is 5.09. The lowest BCUT2D eigenvalue weighted by atomic mass is 10.00. The molecule has 3 aliphatic rings. The number of rotatable bonds is 1. The quantitative estimate of drug-likeness (QED) is 0.818. The van der Waals surface area contributed by atoms with Crippen LogP contribution in [0.3, 0.4) is 0 Å². The Morgan fingerprint density at radius 3 is 3.04 bits per heavy atom. The van der Waals surface area contributed by atoms with Crippen LogP contribution in [0.5, 0.6) is 0 Å². The monoisotopic (exact) mass is 315 g/mol. The summed E-state index contributed by atoms with van der Waals surface area (Å²) >= 11 is 0. The van der Waals surface area contributed by atoms with Crippen LogP contribution < -0.4 is 15.5 Å². The largest absolute Gasteiger partial charge is 0.351 e. The van der Waals surface area contributed by atoms with Crippen LogP contribution in [0, 0.1) is 23.1 Å². The number of nitriles is 1. The van der Waals surface area contributed by atoms with Gasteiger partial charge in [0.1, 0.15) is 5.82 Å². The molecule has 2 unspecified atom stereocenters. The van der Waals surface area contributed by atoms with E-state index < -0.39 is 5.82 Å². The van der Waals surface area contributed by atoms with Crippen LogP contribution in [-0.4, -0.2) is 43.3 Å². The number of amides is 1. The molecule has 23 heavy (non-hydrogen) atoms. The maximum atomic E-state index is 13.9. The molecular formula is C16H18FN5O. The van der Waals surface area contributed by atoms with Gasteiger partial charge in [0.05, 0.1) is 28.9 Å². The molecule has 1 saturated heterocycles. The van der Waals surface area contributed by atoms with Gasteiger partial charge in [0.2, 0.25) is 0 Å². The van der Waals surface area contributed by atoms with Crippen molar-refractivity contribution < 1.29 is 9.18 Å². The highest BCUT2D eigenvalue weighted by molar-refractivity contribution is 6.04. The van der Waals surface area contributed by atoms with E-state index in [9.17, 15) is 14.4 Å². The molecule has 120 valence electrons. The van der Waals surface area contributed by atoms with Crippen LogP contribution in [0.1, 0.15) is 23.2 Å². The Hall–Kier alpha value is -2.33. The second-order valence-electron chi connectivity index (χ2n) is 6.28. The summed E-state index contributed by atoms with van der Waals surface area (Å²) in [4.78, 5) is 16.5. The van der Waals surface area contributed by atoms with Crippen molar-refractivity contribution in [2.24, 2.45) is 5.92 Å². The summed E-state index contributed by atoms with van der Waals surface area (Å²) in [5, 5.41) is 15.4. The average molecular weight is 315 g/mol. The van der Waals surface area contributed by atoms with Gasteiger partial charge < -0.3 is 15.5 Å². The first kappa shape index (κ1) is 14.3. The fourth-order valence-electron chi connectivity index (χ4n) is 3.77. The minimum Gasteiger partial charge on any atom is -0.351 e. The fourth-order valence-corrected chi connectivity index (χ4v) is 3.77. The van der Waals surface area contributed by atoms with Gasteiger partial charge >= 0.3 is 0 Å². The van der Waals surface area contributed by atoms with Gasteiger partial charge in [-0.3, -0.25) is 9.69 Å². The second-order valence-corrected chi connectivity index (χ2v) is 6.28. The zero-order valence-electron chi connectivity index (χ0n) is 12.7. The molecular weight excluding hydrogens is 297 g/mol. The van der Waals surface area contributed by atoms with Crippen LogP contribution in [-0.2, 0) is 0 Å². The number of halogens is 1. The molecule has 0 saturated carbocycles. The Morgan fingerprint density at radius 2 is 2.22 bits per heavy atom. The van der Waals surface area contributed by atoms with Crippen molar-refractivity contribution in [3.63, 3.8) is 0 Å². The Kier molecular flexibility index (Phi) is 3.34. The van der Waals surface area contributed by atoms with Gasteiger partial charge in [-0.1, -0.05) is 0 Å². The van der Waals surface area contributed by atoms with Crippen LogP contribution in [0.25, 0.3) is 0 Å². The number of carbonyl (C=O) groups is 1. The number of likely N-dealkylation sites (tertiary alicyclic amines) is 1. The van der Waals surface area contributed by atoms with E-state index in [1.165, 1.54) is 12.1 Å². The molecule has 1 amide bonds. The van der Waals surface area contributed by atoms with E-state index in [4.69, 9.17) is 0 Å². The first-order valence-electron chi connectivity index (χ1n) is 7.96. The number of nitrogens with zero attached hydrogens (tertiary/aromatic N) is 3. The molecule has 4 rings (SSSR count). The summed E-state index contributed by atoms with van der Waals surface area (Å²) in [5.74, 6) is -0.631. The highest BCUT2D eigenvalue weighted by atomic mass is 19.1. The van der Waals surface area contributed by atoms with Crippen molar-refractivity contribution in [2.45, 2.75) is 19.1 Å². The molecule has 1 aromatic rings. The van der Waals surface area contributed by atoms with Crippen LogP contribution >= 0.6 is 0 Å². The van der Waals surface area contributed by atoms with Crippen molar-refractivity contribution in [2.75, 3.05) is 36.4 Å². The molecule has 3 heterocycles. The number of anilines is 2. The first-order valence-corrected chi connectivity index (χ1v) is 7.96. The SMILES string of the molecule is N#CC1CCCN(C2Nc3cc(F)cc4c3N2CCNC4=O)C1. The molecule has 1 aromatic carbocycles. The third-order valence-corrected chi connectivity index (χ3v) is 4.81. The molecule has 0 aliphatic carbocycles. The Morgan fingerprint density at radius 1 is 1.35 bits per heavy atom. The third kappa shape index (κ3) is 2.30. The van der Waals surface area contributed by atoms with Gasteiger partial charge in [-0.2, -0.15) is 5.26 Å². The molecule has 2 N–H and O–H groups in total. The molecule has 6 nitrogen and oxygen atoms in total. The first-order chi connectivity index (χ1) is 11.2. The van der Waals surface area contributed by atoms with E-state index in [1.807, 2.05) is 0 Å². The van der Waals surface area contributed by atoms with E-state index >= 15 is 0 Å². The van der Waals surface area contributed by atoms with Gasteiger partial charge in [0.25, 0.3) is 5.91 Å². The van der Waals surface area contributed by atoms with E-state index in [-0.39, 0.29) is 18.1 Å². The summed E-state index contributed by atoms with van der Waals surface area (Å²) in [6.07, 6.45) is 1.76. The molecule has 0 aromatic heterocycles. The van der Waals surface area contributed by atoms with E-state index in [0.29, 0.717) is 30.9 Å². The van der Waals surface area contributed by atoms with Crippen molar-refractivity contribution in [1.29, 1.82) is 5.26 Å². The highest BCUT2D eigenvalue weighted by Gasteiger charge is 2.39. The van der Waals surface area contributed by atoms with Gasteiger partial charge in [0, 0.05) is 26.2 Å². The molecule has 7 heteroatoms. The van der Waals surface area contributed by atoms with Gasteiger partial charge in [-0.25, -0.2) is 4.39 Å². The van der Waals surface area contributed by atoms with Crippen LogP contribution in [0.15, 0.2) is 12.1 Å². The summed E-state index contributed by atoms with van der Waals surface area (Å²) in [6.45, 7) is 2.75. The lowest BCUT2D eigenvalue weighted by molar-refractivity contribution is 0.0957. The summed E-state index contributed by atoms with van der Waals surface area (Å²) in [5.41, 5.74) is 1.80. The number of hydrogen-bond acceptors (Lipinski definition) is 5. The minimum absolute atomic E-state index is 0.0252. The molecule has 3 aliphatic heterocycles. The maximum Gasteiger partial charge on any atom is 0.253 e. The second kappa shape index (κ2) is 5.39. The predicted molar refractivity (Wildman–Crippen MR) is 83.4 cm³/mol.